The molecule has 0 aliphatic carbocycles. The van der Waals surface area contributed by atoms with Crippen LogP contribution in [0.5, 0.6) is 5.75 Å². The monoisotopic (exact) mass is 329 g/mol. The first kappa shape index (κ1) is 15.6. The van der Waals surface area contributed by atoms with Crippen LogP contribution in [-0.4, -0.2) is 18.9 Å². The first-order valence-electron chi connectivity index (χ1n) is 7.34. The molecule has 0 unspecified atom stereocenters. The molecular formula is C18H16ClNO3. The van der Waals surface area contributed by atoms with Gasteiger partial charge in [-0.1, -0.05) is 35.9 Å². The Morgan fingerprint density at radius 3 is 2.52 bits per heavy atom. The van der Waals surface area contributed by atoms with Crippen molar-refractivity contribution in [2.45, 2.75) is 12.8 Å². The van der Waals surface area contributed by atoms with Crippen LogP contribution >= 0.6 is 11.6 Å². The van der Waals surface area contributed by atoms with E-state index in [2.05, 4.69) is 0 Å². The Balaban J connectivity index is 1.84. The van der Waals surface area contributed by atoms with Crippen molar-refractivity contribution in [3.63, 3.8) is 0 Å². The molecule has 0 bridgehead atoms. The normalized spacial score (nSPS) is 17.7. The molecule has 1 saturated heterocycles. The van der Waals surface area contributed by atoms with Gasteiger partial charge in [0, 0.05) is 11.4 Å². The average Bonchev–Trinajstić information content (AvgIpc) is 2.83. The highest BCUT2D eigenvalue weighted by molar-refractivity contribution is 6.30. The predicted octanol–water partition coefficient (Wildman–Crippen LogP) is 3.47. The summed E-state index contributed by atoms with van der Waals surface area (Å²) in [6.45, 7) is 0. The number of hydrogen-bond donors (Lipinski definition) is 0. The van der Waals surface area contributed by atoms with Gasteiger partial charge in [0.1, 0.15) is 5.75 Å². The molecular weight excluding hydrogens is 314 g/mol. The number of methoxy groups -OCH3 is 1. The second-order valence-electron chi connectivity index (χ2n) is 5.47. The topological polar surface area (TPSA) is 46.6 Å². The first-order chi connectivity index (χ1) is 11.1. The van der Waals surface area contributed by atoms with Crippen LogP contribution in [0, 0.1) is 5.92 Å². The number of hydrogen-bond acceptors (Lipinski definition) is 3. The quantitative estimate of drug-likeness (QED) is 0.807. The van der Waals surface area contributed by atoms with E-state index >= 15 is 0 Å². The zero-order valence-corrected chi connectivity index (χ0v) is 13.4. The van der Waals surface area contributed by atoms with Crippen LogP contribution in [0.2, 0.25) is 5.02 Å². The number of nitrogens with zero attached hydrogens (tertiary/aromatic N) is 1. The van der Waals surface area contributed by atoms with E-state index in [1.165, 1.54) is 12.0 Å². The van der Waals surface area contributed by atoms with Crippen molar-refractivity contribution in [2.24, 2.45) is 5.92 Å². The van der Waals surface area contributed by atoms with Crippen LogP contribution in [0.25, 0.3) is 0 Å². The third kappa shape index (κ3) is 3.08. The molecule has 1 aliphatic rings. The maximum Gasteiger partial charge on any atom is 0.237 e. The molecule has 2 aromatic carbocycles. The average molecular weight is 330 g/mol. The number of para-hydroxylation sites is 2. The van der Waals surface area contributed by atoms with Gasteiger partial charge < -0.3 is 4.74 Å². The van der Waals surface area contributed by atoms with Gasteiger partial charge in [0.15, 0.2) is 0 Å². The highest BCUT2D eigenvalue weighted by atomic mass is 35.5. The maximum atomic E-state index is 12.7. The largest absolute Gasteiger partial charge is 0.495 e. The number of anilines is 1. The van der Waals surface area contributed by atoms with Gasteiger partial charge in [-0.15, -0.1) is 0 Å². The third-order valence-electron chi connectivity index (χ3n) is 3.96. The highest BCUT2D eigenvalue weighted by Crippen LogP contribution is 2.34. The summed E-state index contributed by atoms with van der Waals surface area (Å²) in [5, 5.41) is 0.651. The molecule has 0 saturated carbocycles. The summed E-state index contributed by atoms with van der Waals surface area (Å²) in [6.07, 6.45) is 0.729. The van der Waals surface area contributed by atoms with Gasteiger partial charge >= 0.3 is 0 Å². The fourth-order valence-electron chi connectivity index (χ4n) is 2.83. The number of rotatable bonds is 4. The van der Waals surface area contributed by atoms with Crippen LogP contribution < -0.4 is 9.64 Å². The molecule has 1 fully saturated rings. The molecule has 5 heteroatoms. The van der Waals surface area contributed by atoms with Crippen molar-refractivity contribution in [1.29, 1.82) is 0 Å². The molecule has 3 rings (SSSR count). The summed E-state index contributed by atoms with van der Waals surface area (Å²) in [7, 11) is 1.52. The van der Waals surface area contributed by atoms with Crippen LogP contribution in [0.1, 0.15) is 12.0 Å². The fraction of sp³-hybridized carbons (Fsp3) is 0.222. The van der Waals surface area contributed by atoms with Crippen LogP contribution in [-0.2, 0) is 16.0 Å². The Bertz CT molecular complexity index is 742. The van der Waals surface area contributed by atoms with E-state index in [-0.39, 0.29) is 24.2 Å². The first-order valence-corrected chi connectivity index (χ1v) is 7.72. The molecule has 1 atom stereocenters. The number of ether oxygens (including phenoxy) is 1. The van der Waals surface area contributed by atoms with E-state index in [9.17, 15) is 9.59 Å². The van der Waals surface area contributed by atoms with E-state index in [1.807, 2.05) is 12.1 Å². The number of halogens is 1. The van der Waals surface area contributed by atoms with Crippen LogP contribution in [0.4, 0.5) is 5.69 Å². The molecule has 4 nitrogen and oxygen atoms in total. The minimum atomic E-state index is -0.353. The molecule has 0 N–H and O–H groups in total. The van der Waals surface area contributed by atoms with Crippen molar-refractivity contribution in [3.8, 4) is 5.75 Å². The maximum absolute atomic E-state index is 12.7. The van der Waals surface area contributed by atoms with E-state index in [0.29, 0.717) is 22.9 Å². The Hall–Kier alpha value is -2.33. The zero-order chi connectivity index (χ0) is 16.4. The van der Waals surface area contributed by atoms with Crippen molar-refractivity contribution >= 4 is 29.1 Å². The second-order valence-corrected chi connectivity index (χ2v) is 5.91. The lowest BCUT2D eigenvalue weighted by atomic mass is 9.98. The van der Waals surface area contributed by atoms with E-state index < -0.39 is 0 Å². The number of benzene rings is 2. The lowest BCUT2D eigenvalue weighted by Crippen LogP contribution is -2.31. The number of amides is 2. The summed E-state index contributed by atoms with van der Waals surface area (Å²) in [6, 6.07) is 14.4. The van der Waals surface area contributed by atoms with Gasteiger partial charge in [-0.3, -0.25) is 9.59 Å². The minimum Gasteiger partial charge on any atom is -0.495 e. The molecule has 0 radical (unpaired) electrons. The second kappa shape index (κ2) is 6.42. The standard InChI is InChI=1S/C18H16ClNO3/c1-23-16-5-3-2-4-15(16)20-17(21)11-13(18(20)22)10-12-6-8-14(19)9-7-12/h2-9,13H,10-11H2,1H3/t13-/m1/s1. The fourth-order valence-corrected chi connectivity index (χ4v) is 2.95. The number of imide groups is 1. The smallest absolute Gasteiger partial charge is 0.237 e. The Morgan fingerprint density at radius 1 is 1.13 bits per heavy atom. The van der Waals surface area contributed by atoms with Gasteiger partial charge in [0.05, 0.1) is 18.7 Å². The van der Waals surface area contributed by atoms with E-state index in [0.717, 1.165) is 5.56 Å². The van der Waals surface area contributed by atoms with Gasteiger partial charge in [-0.25, -0.2) is 4.90 Å². The van der Waals surface area contributed by atoms with Gasteiger partial charge in [0.2, 0.25) is 11.8 Å². The highest BCUT2D eigenvalue weighted by Gasteiger charge is 2.40. The molecule has 23 heavy (non-hydrogen) atoms. The molecule has 1 aliphatic heterocycles. The van der Waals surface area contributed by atoms with Gasteiger partial charge in [-0.05, 0) is 36.2 Å². The Morgan fingerprint density at radius 2 is 1.83 bits per heavy atom. The Kier molecular flexibility index (Phi) is 4.35. The van der Waals surface area contributed by atoms with E-state index in [1.54, 1.807) is 36.4 Å². The lowest BCUT2D eigenvalue weighted by molar-refractivity contribution is -0.122. The van der Waals surface area contributed by atoms with Gasteiger partial charge in [-0.2, -0.15) is 0 Å². The van der Waals surface area contributed by atoms with Gasteiger partial charge in [0.25, 0.3) is 0 Å². The molecule has 118 valence electrons. The zero-order valence-electron chi connectivity index (χ0n) is 12.7. The summed E-state index contributed by atoms with van der Waals surface area (Å²) >= 11 is 5.87. The minimum absolute atomic E-state index is 0.186. The lowest BCUT2D eigenvalue weighted by Gasteiger charge is -2.18. The number of carbonyl (C=O) groups excluding carboxylic acids is 2. The van der Waals surface area contributed by atoms with Crippen molar-refractivity contribution in [1.82, 2.24) is 0 Å². The summed E-state index contributed by atoms with van der Waals surface area (Å²) in [5.74, 6) is -0.220. The molecule has 2 amide bonds. The summed E-state index contributed by atoms with van der Waals surface area (Å²) in [4.78, 5) is 26.3. The Labute approximate surface area is 139 Å². The van der Waals surface area contributed by atoms with Crippen LogP contribution in [0.15, 0.2) is 48.5 Å². The van der Waals surface area contributed by atoms with Crippen LogP contribution in [0.3, 0.4) is 0 Å². The van der Waals surface area contributed by atoms with Crippen molar-refractivity contribution in [2.75, 3.05) is 12.0 Å². The van der Waals surface area contributed by atoms with Crippen molar-refractivity contribution in [3.05, 3.63) is 59.1 Å². The summed E-state index contributed by atoms with van der Waals surface area (Å²) in [5.41, 5.74) is 1.49. The molecule has 0 spiro atoms. The van der Waals surface area contributed by atoms with E-state index in [4.69, 9.17) is 16.3 Å². The molecule has 2 aromatic rings. The SMILES string of the molecule is COc1ccccc1N1C(=O)C[C@@H](Cc2ccc(Cl)cc2)C1=O. The number of carbonyl (C=O) groups is 2. The third-order valence-corrected chi connectivity index (χ3v) is 4.21. The van der Waals surface area contributed by atoms with Crippen molar-refractivity contribution < 1.29 is 14.3 Å². The molecule has 0 aromatic heterocycles. The summed E-state index contributed by atoms with van der Waals surface area (Å²) < 4.78 is 5.26. The predicted molar refractivity (Wildman–Crippen MR) is 88.8 cm³/mol. The molecule has 1 heterocycles.